The van der Waals surface area contributed by atoms with E-state index < -0.39 is 6.10 Å². The molecule has 0 saturated carbocycles. The largest absolute Gasteiger partial charge is 0.493 e. The zero-order valence-corrected chi connectivity index (χ0v) is 11.4. The van der Waals surface area contributed by atoms with E-state index in [0.717, 1.165) is 0 Å². The maximum atomic E-state index is 10.5. The third-order valence-electron chi connectivity index (χ3n) is 2.90. The van der Waals surface area contributed by atoms with Gasteiger partial charge >= 0.3 is 0 Å². The highest BCUT2D eigenvalue weighted by Crippen LogP contribution is 2.34. The van der Waals surface area contributed by atoms with Crippen LogP contribution in [0.2, 0.25) is 5.15 Å². The van der Waals surface area contributed by atoms with Gasteiger partial charge in [0.05, 0.1) is 19.0 Å². The molecule has 0 aliphatic heterocycles. The number of nitrogens with zero attached hydrogens (tertiary/aromatic N) is 4. The molecule has 0 aliphatic carbocycles. The summed E-state index contributed by atoms with van der Waals surface area (Å²) in [6.07, 6.45) is 0.631. The van der Waals surface area contributed by atoms with Gasteiger partial charge in [0.1, 0.15) is 17.0 Å². The molecule has 1 atom stereocenters. The molecule has 0 spiro atoms. The van der Waals surface area contributed by atoms with Crippen LogP contribution in [-0.4, -0.2) is 31.8 Å². The summed E-state index contributed by atoms with van der Waals surface area (Å²) in [5.74, 6) is 0.518. The van der Waals surface area contributed by atoms with E-state index in [1.807, 2.05) is 0 Å². The molecule has 98 valence electrons. The molecule has 2 rings (SSSR count). The number of ether oxygens (including phenoxy) is 1. The summed E-state index contributed by atoms with van der Waals surface area (Å²) in [4.78, 5) is 0. The molecular formula is C11H15ClN4O2. The summed E-state index contributed by atoms with van der Waals surface area (Å²) < 4.78 is 8.27. The second kappa shape index (κ2) is 4.62. The van der Waals surface area contributed by atoms with Crippen LogP contribution in [0.1, 0.15) is 23.1 Å². The standard InChI is InChI=1S/C11H15ClN4O2/c1-6-8(11(12)16(3)14-6)10(17)9-7(18-4)5-13-15(9)2/h5,10,17H,1-4H3. The van der Waals surface area contributed by atoms with Crippen LogP contribution in [0.5, 0.6) is 5.75 Å². The Kier molecular flexibility index (Phi) is 3.32. The van der Waals surface area contributed by atoms with E-state index >= 15 is 0 Å². The highest BCUT2D eigenvalue weighted by atomic mass is 35.5. The van der Waals surface area contributed by atoms with Crippen molar-refractivity contribution in [1.29, 1.82) is 0 Å². The van der Waals surface area contributed by atoms with Crippen molar-refractivity contribution in [3.63, 3.8) is 0 Å². The number of hydrogen-bond donors (Lipinski definition) is 1. The van der Waals surface area contributed by atoms with E-state index in [0.29, 0.717) is 27.9 Å². The van der Waals surface area contributed by atoms with Gasteiger partial charge in [-0.05, 0) is 6.92 Å². The lowest BCUT2D eigenvalue weighted by molar-refractivity contribution is 0.203. The number of rotatable bonds is 3. The van der Waals surface area contributed by atoms with Gasteiger partial charge in [-0.3, -0.25) is 9.36 Å². The summed E-state index contributed by atoms with van der Waals surface area (Å²) in [6.45, 7) is 1.80. The second-order valence-corrected chi connectivity index (χ2v) is 4.40. The van der Waals surface area contributed by atoms with E-state index in [-0.39, 0.29) is 0 Å². The topological polar surface area (TPSA) is 65.1 Å². The van der Waals surface area contributed by atoms with Crippen molar-refractivity contribution in [2.24, 2.45) is 14.1 Å². The van der Waals surface area contributed by atoms with Gasteiger partial charge in [-0.25, -0.2) is 0 Å². The van der Waals surface area contributed by atoms with Crippen molar-refractivity contribution >= 4 is 11.6 Å². The molecule has 0 aromatic carbocycles. The van der Waals surface area contributed by atoms with Gasteiger partial charge in [0, 0.05) is 19.7 Å². The second-order valence-electron chi connectivity index (χ2n) is 4.04. The third kappa shape index (κ3) is 1.87. The molecule has 1 unspecified atom stereocenters. The monoisotopic (exact) mass is 270 g/mol. The average Bonchev–Trinajstić information content (AvgIpc) is 2.80. The van der Waals surface area contributed by atoms with Crippen LogP contribution in [0.4, 0.5) is 0 Å². The molecule has 2 aromatic rings. The average molecular weight is 271 g/mol. The number of halogens is 1. The molecular weight excluding hydrogens is 256 g/mol. The highest BCUT2D eigenvalue weighted by molar-refractivity contribution is 6.30. The SMILES string of the molecule is COc1cnn(C)c1C(O)c1c(C)nn(C)c1Cl. The lowest BCUT2D eigenvalue weighted by Crippen LogP contribution is -2.09. The molecule has 2 aromatic heterocycles. The molecule has 0 fully saturated rings. The predicted octanol–water partition coefficient (Wildman–Crippen LogP) is 1.21. The Balaban J connectivity index is 2.54. The summed E-state index contributed by atoms with van der Waals surface area (Å²) in [5.41, 5.74) is 1.80. The van der Waals surface area contributed by atoms with Crippen molar-refractivity contribution in [1.82, 2.24) is 19.6 Å². The van der Waals surface area contributed by atoms with Crippen molar-refractivity contribution in [2.75, 3.05) is 7.11 Å². The Morgan fingerprint density at radius 3 is 2.56 bits per heavy atom. The number of hydrogen-bond acceptors (Lipinski definition) is 4. The normalized spacial score (nSPS) is 12.8. The van der Waals surface area contributed by atoms with E-state index in [2.05, 4.69) is 10.2 Å². The van der Waals surface area contributed by atoms with Crippen LogP contribution in [-0.2, 0) is 14.1 Å². The molecule has 0 amide bonds. The maximum absolute atomic E-state index is 10.5. The van der Waals surface area contributed by atoms with Crippen molar-refractivity contribution < 1.29 is 9.84 Å². The lowest BCUT2D eigenvalue weighted by Gasteiger charge is -2.13. The first-order valence-corrected chi connectivity index (χ1v) is 5.78. The first-order chi connectivity index (χ1) is 8.47. The molecule has 0 saturated heterocycles. The van der Waals surface area contributed by atoms with Crippen LogP contribution in [0.15, 0.2) is 6.20 Å². The summed E-state index contributed by atoms with van der Waals surface area (Å²) >= 11 is 6.14. The minimum atomic E-state index is -0.923. The maximum Gasteiger partial charge on any atom is 0.162 e. The first kappa shape index (κ1) is 12.9. The van der Waals surface area contributed by atoms with E-state index in [1.165, 1.54) is 11.8 Å². The number of aliphatic hydroxyl groups excluding tert-OH is 1. The van der Waals surface area contributed by atoms with Crippen molar-refractivity contribution in [3.05, 3.63) is 28.3 Å². The number of aromatic nitrogens is 4. The minimum Gasteiger partial charge on any atom is -0.493 e. The molecule has 2 heterocycles. The van der Waals surface area contributed by atoms with Gasteiger partial charge in [0.15, 0.2) is 5.75 Å². The van der Waals surface area contributed by atoms with Crippen LogP contribution < -0.4 is 4.74 Å². The zero-order chi connectivity index (χ0) is 13.4. The van der Waals surface area contributed by atoms with Gasteiger partial charge in [0.25, 0.3) is 0 Å². The van der Waals surface area contributed by atoms with Crippen molar-refractivity contribution in [2.45, 2.75) is 13.0 Å². The molecule has 0 aliphatic rings. The lowest BCUT2D eigenvalue weighted by atomic mass is 10.1. The zero-order valence-electron chi connectivity index (χ0n) is 10.7. The number of aryl methyl sites for hydroxylation is 3. The third-order valence-corrected chi connectivity index (χ3v) is 3.35. The Labute approximate surface area is 110 Å². The molecule has 1 N–H and O–H groups in total. The van der Waals surface area contributed by atoms with Gasteiger partial charge in [-0.1, -0.05) is 11.6 Å². The Morgan fingerprint density at radius 2 is 2.06 bits per heavy atom. The number of aliphatic hydroxyl groups is 1. The van der Waals surface area contributed by atoms with Crippen LogP contribution in [0.25, 0.3) is 0 Å². The van der Waals surface area contributed by atoms with Crippen LogP contribution in [0.3, 0.4) is 0 Å². The first-order valence-electron chi connectivity index (χ1n) is 5.40. The summed E-state index contributed by atoms with van der Waals surface area (Å²) in [5, 5.41) is 19.1. The Morgan fingerprint density at radius 1 is 1.39 bits per heavy atom. The van der Waals surface area contributed by atoms with Gasteiger partial charge in [-0.2, -0.15) is 10.2 Å². The molecule has 6 nitrogen and oxygen atoms in total. The van der Waals surface area contributed by atoms with Crippen molar-refractivity contribution in [3.8, 4) is 5.75 Å². The summed E-state index contributed by atoms with van der Waals surface area (Å²) in [6, 6.07) is 0. The molecule has 7 heteroatoms. The fraction of sp³-hybridized carbons (Fsp3) is 0.455. The Bertz CT molecular complexity index is 576. The smallest absolute Gasteiger partial charge is 0.162 e. The fourth-order valence-corrected chi connectivity index (χ4v) is 2.27. The molecule has 0 radical (unpaired) electrons. The highest BCUT2D eigenvalue weighted by Gasteiger charge is 2.26. The van der Waals surface area contributed by atoms with E-state index in [4.69, 9.17) is 16.3 Å². The number of methoxy groups -OCH3 is 1. The van der Waals surface area contributed by atoms with Gasteiger partial charge < -0.3 is 9.84 Å². The van der Waals surface area contributed by atoms with E-state index in [1.54, 1.807) is 31.9 Å². The minimum absolute atomic E-state index is 0.406. The van der Waals surface area contributed by atoms with Gasteiger partial charge in [0.2, 0.25) is 0 Å². The predicted molar refractivity (Wildman–Crippen MR) is 66.8 cm³/mol. The van der Waals surface area contributed by atoms with Gasteiger partial charge in [-0.15, -0.1) is 0 Å². The quantitative estimate of drug-likeness (QED) is 0.910. The van der Waals surface area contributed by atoms with E-state index in [9.17, 15) is 5.11 Å². The van der Waals surface area contributed by atoms with Crippen LogP contribution >= 0.6 is 11.6 Å². The van der Waals surface area contributed by atoms with Crippen LogP contribution in [0, 0.1) is 6.92 Å². The Hall–Kier alpha value is -1.53. The fourth-order valence-electron chi connectivity index (χ4n) is 1.99. The summed E-state index contributed by atoms with van der Waals surface area (Å²) in [7, 11) is 5.00. The molecule has 18 heavy (non-hydrogen) atoms. The molecule has 0 bridgehead atoms.